The molecule has 0 radical (unpaired) electrons. The predicted octanol–water partition coefficient (Wildman–Crippen LogP) is 1.67. The number of nitrogens with zero attached hydrogens (tertiary/aromatic N) is 3. The van der Waals surface area contributed by atoms with E-state index >= 15 is 0 Å². The van der Waals surface area contributed by atoms with Crippen LogP contribution in [0.2, 0.25) is 0 Å². The fourth-order valence-electron chi connectivity index (χ4n) is 3.83. The van der Waals surface area contributed by atoms with E-state index in [-0.39, 0.29) is 18.3 Å². The van der Waals surface area contributed by atoms with Crippen molar-refractivity contribution < 1.29 is 18.8 Å². The van der Waals surface area contributed by atoms with Gasteiger partial charge in [-0.25, -0.2) is 0 Å². The topological polar surface area (TPSA) is 107 Å². The Bertz CT molecular complexity index is 799. The van der Waals surface area contributed by atoms with Gasteiger partial charge in [-0.1, -0.05) is 5.16 Å². The maximum atomic E-state index is 12.6. The maximum Gasteiger partial charge on any atom is 0.307 e. The smallest absolute Gasteiger partial charge is 0.307 e. The highest BCUT2D eigenvalue weighted by Crippen LogP contribution is 2.45. The first-order chi connectivity index (χ1) is 12.7. The molecule has 0 unspecified atom stereocenters. The number of hydrogen-bond acceptors (Lipinski definition) is 7. The average Bonchev–Trinajstić information content (AvgIpc) is 3.37. The Kier molecular flexibility index (Phi) is 4.40. The Morgan fingerprint density at radius 3 is 2.96 bits per heavy atom. The van der Waals surface area contributed by atoms with Crippen molar-refractivity contribution in [2.75, 3.05) is 6.54 Å². The third-order valence-electron chi connectivity index (χ3n) is 5.12. The number of esters is 1. The fourth-order valence-corrected chi connectivity index (χ4v) is 3.83. The lowest BCUT2D eigenvalue weighted by Crippen LogP contribution is -2.43. The fraction of sp³-hybridized carbons (Fsp3) is 0.500. The van der Waals surface area contributed by atoms with Gasteiger partial charge in [0.2, 0.25) is 17.6 Å². The van der Waals surface area contributed by atoms with E-state index in [1.807, 2.05) is 6.07 Å². The van der Waals surface area contributed by atoms with E-state index in [4.69, 9.17) is 9.26 Å². The van der Waals surface area contributed by atoms with Crippen molar-refractivity contribution in [3.63, 3.8) is 0 Å². The molecule has 1 spiro atoms. The summed E-state index contributed by atoms with van der Waals surface area (Å²) >= 11 is 0. The monoisotopic (exact) mass is 356 g/mol. The lowest BCUT2D eigenvalue weighted by Gasteiger charge is -2.27. The van der Waals surface area contributed by atoms with Gasteiger partial charge in [-0.3, -0.25) is 14.6 Å². The zero-order valence-corrected chi connectivity index (χ0v) is 14.3. The lowest BCUT2D eigenvalue weighted by atomic mass is 9.85. The molecule has 1 aliphatic carbocycles. The highest BCUT2D eigenvalue weighted by Gasteiger charge is 2.53. The summed E-state index contributed by atoms with van der Waals surface area (Å²) < 4.78 is 10.7. The highest BCUT2D eigenvalue weighted by atomic mass is 16.6. The van der Waals surface area contributed by atoms with Crippen molar-refractivity contribution in [2.24, 2.45) is 5.92 Å². The van der Waals surface area contributed by atoms with Gasteiger partial charge in [0.25, 0.3) is 0 Å². The molecule has 26 heavy (non-hydrogen) atoms. The molecule has 2 aromatic rings. The number of amides is 1. The van der Waals surface area contributed by atoms with Crippen molar-refractivity contribution in [3.8, 4) is 11.4 Å². The van der Waals surface area contributed by atoms with Crippen molar-refractivity contribution in [3.05, 3.63) is 30.4 Å². The largest absolute Gasteiger partial charge is 0.458 e. The molecular formula is C18H20N4O4. The van der Waals surface area contributed by atoms with Crippen LogP contribution >= 0.6 is 0 Å². The van der Waals surface area contributed by atoms with Gasteiger partial charge >= 0.3 is 5.97 Å². The number of carbonyl (C=O) groups is 2. The molecule has 0 bridgehead atoms. The zero-order valence-electron chi connectivity index (χ0n) is 14.3. The van der Waals surface area contributed by atoms with E-state index in [1.54, 1.807) is 18.5 Å². The van der Waals surface area contributed by atoms with Crippen LogP contribution in [0.15, 0.2) is 29.0 Å². The van der Waals surface area contributed by atoms with Gasteiger partial charge < -0.3 is 14.6 Å². The summed E-state index contributed by atoms with van der Waals surface area (Å²) in [5.41, 5.74) is 0.190. The molecule has 1 N–H and O–H groups in total. The van der Waals surface area contributed by atoms with Gasteiger partial charge in [-0.15, -0.1) is 0 Å². The standard InChI is InChI=1S/C18H20N4O4/c23-15-10-13(18(25-15)6-1-2-7-18)17(24)20-9-5-14-21-16(22-26-14)12-4-3-8-19-11-12/h3-4,8,11,13H,1-2,5-7,9-10H2,(H,20,24)/t13-/m0/s1. The summed E-state index contributed by atoms with van der Waals surface area (Å²) in [6, 6.07) is 3.65. The summed E-state index contributed by atoms with van der Waals surface area (Å²) in [7, 11) is 0. The van der Waals surface area contributed by atoms with E-state index in [9.17, 15) is 9.59 Å². The minimum Gasteiger partial charge on any atom is -0.458 e. The average molecular weight is 356 g/mol. The number of aromatic nitrogens is 3. The second-order valence-corrected chi connectivity index (χ2v) is 6.80. The van der Waals surface area contributed by atoms with Gasteiger partial charge in [0.15, 0.2) is 0 Å². The van der Waals surface area contributed by atoms with Crippen LogP contribution in [0, 0.1) is 5.92 Å². The first kappa shape index (κ1) is 16.7. The van der Waals surface area contributed by atoms with Gasteiger partial charge in [0, 0.05) is 30.9 Å². The number of rotatable bonds is 5. The molecule has 8 heteroatoms. The Morgan fingerprint density at radius 1 is 1.35 bits per heavy atom. The Balaban J connectivity index is 1.33. The second-order valence-electron chi connectivity index (χ2n) is 6.80. The number of nitrogens with one attached hydrogen (secondary N) is 1. The van der Waals surface area contributed by atoms with E-state index in [0.29, 0.717) is 24.7 Å². The summed E-state index contributed by atoms with van der Waals surface area (Å²) in [6.07, 6.45) is 7.46. The summed E-state index contributed by atoms with van der Waals surface area (Å²) in [4.78, 5) is 32.6. The van der Waals surface area contributed by atoms with Gasteiger partial charge in [-0.2, -0.15) is 4.98 Å². The normalized spacial score (nSPS) is 21.1. The van der Waals surface area contributed by atoms with E-state index in [1.165, 1.54) is 0 Å². The third-order valence-corrected chi connectivity index (χ3v) is 5.12. The van der Waals surface area contributed by atoms with Gasteiger partial charge in [-0.05, 0) is 37.8 Å². The molecule has 1 saturated carbocycles. The predicted molar refractivity (Wildman–Crippen MR) is 89.6 cm³/mol. The highest BCUT2D eigenvalue weighted by molar-refractivity contribution is 5.87. The Hall–Kier alpha value is -2.77. The molecule has 3 heterocycles. The van der Waals surface area contributed by atoms with Crippen molar-refractivity contribution in [1.29, 1.82) is 0 Å². The molecular weight excluding hydrogens is 336 g/mol. The quantitative estimate of drug-likeness (QED) is 0.812. The number of pyridine rings is 1. The SMILES string of the molecule is O=C1C[C@@H](C(=O)NCCc2nc(-c3cccnc3)no2)C2(CCCC2)O1. The minimum absolute atomic E-state index is 0.134. The number of hydrogen-bond donors (Lipinski definition) is 1. The van der Waals surface area contributed by atoms with Crippen LogP contribution in [0.25, 0.3) is 11.4 Å². The van der Waals surface area contributed by atoms with Crippen LogP contribution in [0.5, 0.6) is 0 Å². The van der Waals surface area contributed by atoms with Crippen LogP contribution in [-0.2, 0) is 20.7 Å². The molecule has 2 aliphatic rings. The first-order valence-corrected chi connectivity index (χ1v) is 8.89. The molecule has 2 aromatic heterocycles. The van der Waals surface area contributed by atoms with Gasteiger partial charge in [0.1, 0.15) is 5.60 Å². The molecule has 4 rings (SSSR count). The maximum absolute atomic E-state index is 12.6. The van der Waals surface area contributed by atoms with Crippen molar-refractivity contribution >= 4 is 11.9 Å². The lowest BCUT2D eigenvalue weighted by molar-refractivity contribution is -0.149. The van der Waals surface area contributed by atoms with E-state index < -0.39 is 11.5 Å². The van der Waals surface area contributed by atoms with E-state index in [2.05, 4.69) is 20.4 Å². The zero-order chi connectivity index (χ0) is 18.0. The van der Waals surface area contributed by atoms with E-state index in [0.717, 1.165) is 31.2 Å². The Labute approximate surface area is 150 Å². The van der Waals surface area contributed by atoms with Crippen LogP contribution in [-0.4, -0.2) is 39.1 Å². The molecule has 2 fully saturated rings. The molecule has 1 saturated heterocycles. The Morgan fingerprint density at radius 2 is 2.19 bits per heavy atom. The first-order valence-electron chi connectivity index (χ1n) is 8.89. The minimum atomic E-state index is -0.584. The summed E-state index contributed by atoms with van der Waals surface area (Å²) in [6.45, 7) is 0.369. The van der Waals surface area contributed by atoms with Crippen LogP contribution in [0.4, 0.5) is 0 Å². The molecule has 1 atom stereocenters. The van der Waals surface area contributed by atoms with Crippen molar-refractivity contribution in [2.45, 2.75) is 44.1 Å². The van der Waals surface area contributed by atoms with Crippen LogP contribution < -0.4 is 5.32 Å². The van der Waals surface area contributed by atoms with Gasteiger partial charge in [0.05, 0.1) is 12.3 Å². The molecule has 8 nitrogen and oxygen atoms in total. The number of carbonyl (C=O) groups excluding carboxylic acids is 2. The third kappa shape index (κ3) is 3.18. The van der Waals surface area contributed by atoms with Crippen LogP contribution in [0.3, 0.4) is 0 Å². The van der Waals surface area contributed by atoms with Crippen molar-refractivity contribution in [1.82, 2.24) is 20.4 Å². The molecule has 0 aromatic carbocycles. The molecule has 1 aliphatic heterocycles. The molecule has 1 amide bonds. The van der Waals surface area contributed by atoms with Crippen LogP contribution in [0.1, 0.15) is 38.0 Å². The summed E-state index contributed by atoms with van der Waals surface area (Å²) in [5, 5.41) is 6.81. The molecule has 136 valence electrons. The second kappa shape index (κ2) is 6.86. The number of ether oxygens (including phenoxy) is 1. The summed E-state index contributed by atoms with van der Waals surface area (Å²) in [5.74, 6) is 0.110.